The first-order valence-corrected chi connectivity index (χ1v) is 5.89. The lowest BCUT2D eigenvalue weighted by molar-refractivity contribution is -0.125. The normalized spacial score (nSPS) is 49.1. The highest BCUT2D eigenvalue weighted by molar-refractivity contribution is 5.82. The van der Waals surface area contributed by atoms with E-state index in [2.05, 4.69) is 0 Å². The van der Waals surface area contributed by atoms with Gasteiger partial charge in [0.2, 0.25) is 0 Å². The average molecular weight is 178 g/mol. The van der Waals surface area contributed by atoms with Gasteiger partial charge in [-0.15, -0.1) is 0 Å². The first-order valence-electron chi connectivity index (χ1n) is 5.89. The van der Waals surface area contributed by atoms with Crippen molar-refractivity contribution in [2.24, 2.45) is 23.7 Å². The molecule has 0 heterocycles. The molecule has 3 rings (SSSR count). The number of fused-ring (bicyclic) bond motifs is 5. The van der Waals surface area contributed by atoms with Gasteiger partial charge >= 0.3 is 0 Å². The van der Waals surface area contributed by atoms with Gasteiger partial charge in [-0.2, -0.15) is 0 Å². The molecule has 13 heavy (non-hydrogen) atoms. The Balaban J connectivity index is 1.89. The van der Waals surface area contributed by atoms with Gasteiger partial charge in [0.25, 0.3) is 0 Å². The van der Waals surface area contributed by atoms with Crippen LogP contribution in [0.25, 0.3) is 0 Å². The smallest absolute Gasteiger partial charge is 0.136 e. The van der Waals surface area contributed by atoms with Crippen LogP contribution in [0.4, 0.5) is 0 Å². The first-order chi connectivity index (χ1) is 6.36. The van der Waals surface area contributed by atoms with E-state index in [0.717, 1.165) is 24.2 Å². The summed E-state index contributed by atoms with van der Waals surface area (Å²) >= 11 is 0. The van der Waals surface area contributed by atoms with Crippen LogP contribution in [-0.2, 0) is 4.79 Å². The fourth-order valence-corrected chi connectivity index (χ4v) is 4.17. The van der Waals surface area contributed by atoms with Crippen molar-refractivity contribution in [3.63, 3.8) is 0 Å². The molecule has 1 heteroatoms. The maximum Gasteiger partial charge on any atom is 0.136 e. The molecular formula is C12H18O. The average Bonchev–Trinajstić information content (AvgIpc) is 2.66. The van der Waals surface area contributed by atoms with Crippen LogP contribution in [0.5, 0.6) is 0 Å². The van der Waals surface area contributed by atoms with Gasteiger partial charge in [-0.25, -0.2) is 0 Å². The minimum absolute atomic E-state index is 0.515. The molecule has 0 aromatic heterocycles. The summed E-state index contributed by atoms with van der Waals surface area (Å²) in [6, 6.07) is 0. The van der Waals surface area contributed by atoms with E-state index in [1.165, 1.54) is 38.5 Å². The number of hydrogen-bond donors (Lipinski definition) is 0. The molecule has 0 radical (unpaired) electrons. The van der Waals surface area contributed by atoms with E-state index < -0.39 is 0 Å². The second kappa shape index (κ2) is 2.83. The summed E-state index contributed by atoms with van der Waals surface area (Å²) < 4.78 is 0. The maximum atomic E-state index is 11.9. The zero-order valence-corrected chi connectivity index (χ0v) is 8.17. The molecule has 0 aromatic rings. The van der Waals surface area contributed by atoms with Crippen molar-refractivity contribution in [3.05, 3.63) is 0 Å². The Morgan fingerprint density at radius 3 is 2.77 bits per heavy atom. The Hall–Kier alpha value is -0.330. The lowest BCUT2D eigenvalue weighted by Crippen LogP contribution is -2.27. The van der Waals surface area contributed by atoms with E-state index in [1.807, 2.05) is 0 Å². The van der Waals surface area contributed by atoms with Crippen LogP contribution in [0, 0.1) is 23.7 Å². The summed E-state index contributed by atoms with van der Waals surface area (Å²) in [5, 5.41) is 0. The predicted molar refractivity (Wildman–Crippen MR) is 51.3 cm³/mol. The summed E-state index contributed by atoms with van der Waals surface area (Å²) in [6.07, 6.45) is 8.92. The van der Waals surface area contributed by atoms with E-state index in [4.69, 9.17) is 0 Å². The Bertz CT molecular complexity index is 233. The van der Waals surface area contributed by atoms with Crippen molar-refractivity contribution < 1.29 is 4.79 Å². The molecule has 0 N–H and O–H groups in total. The van der Waals surface area contributed by atoms with E-state index in [-0.39, 0.29) is 0 Å². The van der Waals surface area contributed by atoms with Gasteiger partial charge in [-0.05, 0) is 49.9 Å². The molecule has 3 saturated carbocycles. The van der Waals surface area contributed by atoms with Crippen LogP contribution in [0.3, 0.4) is 0 Å². The van der Waals surface area contributed by atoms with Crippen LogP contribution < -0.4 is 0 Å². The van der Waals surface area contributed by atoms with Crippen molar-refractivity contribution >= 4 is 5.78 Å². The highest BCUT2D eigenvalue weighted by Gasteiger charge is 2.50. The monoisotopic (exact) mass is 178 g/mol. The Morgan fingerprint density at radius 1 is 1.00 bits per heavy atom. The second-order valence-corrected chi connectivity index (χ2v) is 5.23. The Labute approximate surface area is 79.9 Å². The van der Waals surface area contributed by atoms with Crippen molar-refractivity contribution in [2.45, 2.75) is 44.9 Å². The molecule has 0 amide bonds. The zero-order valence-electron chi connectivity index (χ0n) is 8.17. The summed E-state index contributed by atoms with van der Waals surface area (Å²) in [6.45, 7) is 0. The lowest BCUT2D eigenvalue weighted by atomic mass is 9.76. The topological polar surface area (TPSA) is 17.1 Å². The fraction of sp³-hybridized carbons (Fsp3) is 0.917. The van der Waals surface area contributed by atoms with Gasteiger partial charge < -0.3 is 0 Å². The molecule has 3 aliphatic carbocycles. The lowest BCUT2D eigenvalue weighted by Gasteiger charge is -2.27. The number of hydrogen-bond acceptors (Lipinski definition) is 1. The predicted octanol–water partition coefficient (Wildman–Crippen LogP) is 2.79. The molecule has 0 spiro atoms. The van der Waals surface area contributed by atoms with Crippen molar-refractivity contribution in [1.82, 2.24) is 0 Å². The number of ketones is 1. The van der Waals surface area contributed by atoms with Gasteiger partial charge in [0.15, 0.2) is 0 Å². The molecule has 1 nitrogen and oxygen atoms in total. The summed E-state index contributed by atoms with van der Waals surface area (Å²) in [7, 11) is 0. The summed E-state index contributed by atoms with van der Waals surface area (Å²) in [4.78, 5) is 11.9. The van der Waals surface area contributed by atoms with Gasteiger partial charge in [-0.1, -0.05) is 6.42 Å². The van der Waals surface area contributed by atoms with Crippen LogP contribution in [0.2, 0.25) is 0 Å². The van der Waals surface area contributed by atoms with E-state index in [0.29, 0.717) is 11.7 Å². The van der Waals surface area contributed by atoms with Crippen LogP contribution in [0.15, 0.2) is 0 Å². The largest absolute Gasteiger partial charge is 0.299 e. The molecule has 0 unspecified atom stereocenters. The zero-order chi connectivity index (χ0) is 8.84. The molecule has 3 aliphatic rings. The SMILES string of the molecule is O=C1CCCC[C@H]2[C@@H]3CC[C@@H](C3)[C@@H]12. The number of carbonyl (C=O) groups is 1. The molecular weight excluding hydrogens is 160 g/mol. The Morgan fingerprint density at radius 2 is 1.85 bits per heavy atom. The highest BCUT2D eigenvalue weighted by atomic mass is 16.1. The van der Waals surface area contributed by atoms with Crippen LogP contribution in [0.1, 0.15) is 44.9 Å². The van der Waals surface area contributed by atoms with Crippen molar-refractivity contribution in [1.29, 1.82) is 0 Å². The van der Waals surface area contributed by atoms with Crippen LogP contribution in [-0.4, -0.2) is 5.78 Å². The quantitative estimate of drug-likeness (QED) is 0.557. The van der Waals surface area contributed by atoms with Gasteiger partial charge in [0.1, 0.15) is 5.78 Å². The second-order valence-electron chi connectivity index (χ2n) is 5.23. The third-order valence-corrected chi connectivity index (χ3v) is 4.67. The van der Waals surface area contributed by atoms with Crippen molar-refractivity contribution in [3.8, 4) is 0 Å². The van der Waals surface area contributed by atoms with Crippen molar-refractivity contribution in [2.75, 3.05) is 0 Å². The number of Topliss-reactive ketones (excluding diaryl/α,β-unsaturated/α-hetero) is 1. The minimum atomic E-state index is 0.515. The van der Waals surface area contributed by atoms with Gasteiger partial charge in [0, 0.05) is 12.3 Å². The molecule has 3 fully saturated rings. The summed E-state index contributed by atoms with van der Waals surface area (Å²) in [5.41, 5.74) is 0. The molecule has 0 aliphatic heterocycles. The standard InChI is InChI=1S/C12H18O/c13-11-4-2-1-3-10-8-5-6-9(7-8)12(10)11/h8-10,12H,1-7H2/t8-,9+,10+,12-/m1/s1. The van der Waals surface area contributed by atoms with E-state index >= 15 is 0 Å². The third-order valence-electron chi connectivity index (χ3n) is 4.67. The maximum absolute atomic E-state index is 11.9. The number of carbonyl (C=O) groups excluding carboxylic acids is 1. The van der Waals surface area contributed by atoms with Gasteiger partial charge in [0.05, 0.1) is 0 Å². The molecule has 72 valence electrons. The number of rotatable bonds is 0. The third kappa shape index (κ3) is 1.09. The Kier molecular flexibility index (Phi) is 1.75. The highest BCUT2D eigenvalue weighted by Crippen LogP contribution is 2.55. The van der Waals surface area contributed by atoms with E-state index in [9.17, 15) is 4.79 Å². The van der Waals surface area contributed by atoms with E-state index in [1.54, 1.807) is 0 Å². The summed E-state index contributed by atoms with van der Waals surface area (Å²) in [5.74, 6) is 3.70. The molecule has 0 saturated heterocycles. The van der Waals surface area contributed by atoms with Crippen LogP contribution >= 0.6 is 0 Å². The molecule has 2 bridgehead atoms. The molecule has 0 aromatic carbocycles. The molecule has 4 atom stereocenters. The first kappa shape index (κ1) is 8.02. The fourth-order valence-electron chi connectivity index (χ4n) is 4.17. The van der Waals surface area contributed by atoms with Gasteiger partial charge in [-0.3, -0.25) is 4.79 Å². The minimum Gasteiger partial charge on any atom is -0.299 e.